The minimum atomic E-state index is -0.244. The summed E-state index contributed by atoms with van der Waals surface area (Å²) in [5.74, 6) is 0.393. The van der Waals surface area contributed by atoms with Crippen molar-refractivity contribution in [3.05, 3.63) is 29.8 Å². The van der Waals surface area contributed by atoms with E-state index in [2.05, 4.69) is 4.99 Å². The highest BCUT2D eigenvalue weighted by atomic mass is 16.5. The summed E-state index contributed by atoms with van der Waals surface area (Å²) in [6.45, 7) is 0. The highest BCUT2D eigenvalue weighted by Gasteiger charge is 2.37. The Balaban J connectivity index is 2.54. The van der Waals surface area contributed by atoms with Gasteiger partial charge in [0.25, 0.3) is 5.91 Å². The van der Waals surface area contributed by atoms with Crippen LogP contribution in [0.3, 0.4) is 0 Å². The third-order valence-electron chi connectivity index (χ3n) is 3.62. The molecule has 5 heteroatoms. The number of anilines is 1. The van der Waals surface area contributed by atoms with Crippen LogP contribution in [0, 0.1) is 0 Å². The Kier molecular flexibility index (Phi) is 2.64. The van der Waals surface area contributed by atoms with Crippen LogP contribution >= 0.6 is 0 Å². The summed E-state index contributed by atoms with van der Waals surface area (Å²) in [5, 5.41) is 11.9. The molecular weight excluding hydrogens is 256 g/mol. The largest absolute Gasteiger partial charge is 0.507 e. The number of aliphatic imine (C=N–C) groups is 1. The molecule has 0 fully saturated rings. The molecule has 1 N–H and O–H groups in total. The number of amides is 1. The van der Waals surface area contributed by atoms with Crippen molar-refractivity contribution in [1.29, 1.82) is 0 Å². The minimum absolute atomic E-state index is 0.0645. The number of benzene rings is 2. The first-order valence-corrected chi connectivity index (χ1v) is 6.18. The summed E-state index contributed by atoms with van der Waals surface area (Å²) >= 11 is 0. The molecule has 0 saturated carbocycles. The number of aromatic hydroxyl groups is 1. The molecule has 0 aromatic heterocycles. The van der Waals surface area contributed by atoms with Gasteiger partial charge in [-0.2, -0.15) is 0 Å². The Bertz CT molecular complexity index is 765. The molecule has 20 heavy (non-hydrogen) atoms. The fourth-order valence-electron chi connectivity index (χ4n) is 2.70. The molecule has 1 aliphatic rings. The van der Waals surface area contributed by atoms with Gasteiger partial charge in [0.1, 0.15) is 17.1 Å². The van der Waals surface area contributed by atoms with Gasteiger partial charge >= 0.3 is 0 Å². The summed E-state index contributed by atoms with van der Waals surface area (Å²) in [4.78, 5) is 17.7. The molecule has 3 rings (SSSR count). The average molecular weight is 270 g/mol. The molecule has 0 radical (unpaired) electrons. The normalized spacial score (nSPS) is 16.1. The summed E-state index contributed by atoms with van der Waals surface area (Å²) in [7, 11) is 4.74. The average Bonchev–Trinajstić information content (AvgIpc) is 2.73. The van der Waals surface area contributed by atoms with Gasteiger partial charge < -0.3 is 14.7 Å². The highest BCUT2D eigenvalue weighted by Crippen LogP contribution is 2.48. The van der Waals surface area contributed by atoms with Crippen molar-refractivity contribution in [2.75, 3.05) is 26.1 Å². The number of methoxy groups -OCH3 is 1. The van der Waals surface area contributed by atoms with Crippen LogP contribution in [0.1, 0.15) is 5.56 Å². The second-order valence-corrected chi connectivity index (χ2v) is 4.59. The van der Waals surface area contributed by atoms with Crippen LogP contribution in [0.4, 0.5) is 5.69 Å². The van der Waals surface area contributed by atoms with Gasteiger partial charge in [-0.1, -0.05) is 24.3 Å². The summed E-state index contributed by atoms with van der Waals surface area (Å²) < 4.78 is 5.48. The fourth-order valence-corrected chi connectivity index (χ4v) is 2.70. The molecule has 0 atom stereocenters. The number of carbonyl (C=O) groups excluding carboxylic acids is 1. The maximum atomic E-state index is 12.2. The molecular formula is C15H14N2O3. The number of phenolic OH excluding ortho intramolecular Hbond substituents is 1. The number of carbonyl (C=O) groups is 1. The van der Waals surface area contributed by atoms with E-state index >= 15 is 0 Å². The number of nitrogens with zero attached hydrogens (tertiary/aromatic N) is 2. The lowest BCUT2D eigenvalue weighted by atomic mass is 10.0. The first-order chi connectivity index (χ1) is 9.61. The van der Waals surface area contributed by atoms with Gasteiger partial charge in [0, 0.05) is 24.9 Å². The number of ether oxygens (including phenoxy) is 1. The predicted molar refractivity (Wildman–Crippen MR) is 78.0 cm³/mol. The van der Waals surface area contributed by atoms with E-state index in [1.807, 2.05) is 18.2 Å². The number of likely N-dealkylation sites (N-methyl/N-ethyl adjacent to an activating group) is 1. The third-order valence-corrected chi connectivity index (χ3v) is 3.62. The van der Waals surface area contributed by atoms with E-state index < -0.39 is 0 Å². The second-order valence-electron chi connectivity index (χ2n) is 4.59. The third kappa shape index (κ3) is 1.37. The Morgan fingerprint density at radius 1 is 1.25 bits per heavy atom. The smallest absolute Gasteiger partial charge is 0.277 e. The Morgan fingerprint density at radius 2 is 1.90 bits per heavy atom. The van der Waals surface area contributed by atoms with Gasteiger partial charge in [-0.25, -0.2) is 0 Å². The zero-order valence-electron chi connectivity index (χ0n) is 11.5. The molecule has 0 aliphatic carbocycles. The van der Waals surface area contributed by atoms with E-state index in [0.29, 0.717) is 22.4 Å². The molecule has 102 valence electrons. The zero-order chi connectivity index (χ0) is 14.4. The maximum absolute atomic E-state index is 12.2. The standard InChI is InChI=1S/C15H14N2O3/c1-16-11-10-12(17(2)15(11)19)14(20-3)9-7-5-4-6-8(9)13(10)18/h4-7,18H,1-3H3. The van der Waals surface area contributed by atoms with Gasteiger partial charge in [0.15, 0.2) is 5.75 Å². The summed E-state index contributed by atoms with van der Waals surface area (Å²) in [5.41, 5.74) is 1.26. The van der Waals surface area contributed by atoms with Crippen molar-refractivity contribution in [2.24, 2.45) is 4.99 Å². The van der Waals surface area contributed by atoms with Crippen molar-refractivity contribution in [3.8, 4) is 11.5 Å². The van der Waals surface area contributed by atoms with Gasteiger partial charge in [-0.15, -0.1) is 0 Å². The van der Waals surface area contributed by atoms with Crippen LogP contribution in [0.5, 0.6) is 11.5 Å². The molecule has 0 unspecified atom stereocenters. The number of phenols is 1. The summed E-state index contributed by atoms with van der Waals surface area (Å²) in [6, 6.07) is 7.34. The topological polar surface area (TPSA) is 62.1 Å². The Labute approximate surface area is 116 Å². The molecule has 1 heterocycles. The molecule has 1 amide bonds. The Hall–Kier alpha value is -2.56. The lowest BCUT2D eigenvalue weighted by Gasteiger charge is -2.16. The van der Waals surface area contributed by atoms with E-state index in [1.54, 1.807) is 20.2 Å². The first kappa shape index (κ1) is 12.5. The number of hydrogen-bond donors (Lipinski definition) is 1. The molecule has 0 saturated heterocycles. The SMILES string of the molecule is CN=C1C(=O)N(C)c2c1c(O)c1ccccc1c2OC. The predicted octanol–water partition coefficient (Wildman–Crippen LogP) is 1.95. The van der Waals surface area contributed by atoms with Crippen molar-refractivity contribution < 1.29 is 14.6 Å². The van der Waals surface area contributed by atoms with Crippen molar-refractivity contribution in [1.82, 2.24) is 0 Å². The number of fused-ring (bicyclic) bond motifs is 2. The lowest BCUT2D eigenvalue weighted by Crippen LogP contribution is -2.25. The van der Waals surface area contributed by atoms with E-state index in [0.717, 1.165) is 5.39 Å². The van der Waals surface area contributed by atoms with Gasteiger partial charge in [0.2, 0.25) is 0 Å². The molecule has 0 spiro atoms. The molecule has 0 bridgehead atoms. The molecule has 1 aliphatic heterocycles. The van der Waals surface area contributed by atoms with Crippen LogP contribution in [-0.4, -0.2) is 37.9 Å². The molecule has 5 nitrogen and oxygen atoms in total. The first-order valence-electron chi connectivity index (χ1n) is 6.18. The molecule has 2 aromatic carbocycles. The van der Waals surface area contributed by atoms with E-state index in [1.165, 1.54) is 11.9 Å². The zero-order valence-corrected chi connectivity index (χ0v) is 11.5. The monoisotopic (exact) mass is 270 g/mol. The van der Waals surface area contributed by atoms with E-state index in [-0.39, 0.29) is 17.4 Å². The fraction of sp³-hybridized carbons (Fsp3) is 0.200. The Morgan fingerprint density at radius 3 is 2.50 bits per heavy atom. The lowest BCUT2D eigenvalue weighted by molar-refractivity contribution is -0.111. The number of hydrogen-bond acceptors (Lipinski definition) is 4. The molecule has 2 aromatic rings. The van der Waals surface area contributed by atoms with Crippen molar-refractivity contribution in [3.63, 3.8) is 0 Å². The maximum Gasteiger partial charge on any atom is 0.277 e. The minimum Gasteiger partial charge on any atom is -0.507 e. The van der Waals surface area contributed by atoms with Crippen LogP contribution in [-0.2, 0) is 4.79 Å². The van der Waals surface area contributed by atoms with Gasteiger partial charge in [-0.3, -0.25) is 9.79 Å². The van der Waals surface area contributed by atoms with Crippen molar-refractivity contribution in [2.45, 2.75) is 0 Å². The van der Waals surface area contributed by atoms with Gasteiger partial charge in [0.05, 0.1) is 12.7 Å². The van der Waals surface area contributed by atoms with Crippen LogP contribution in [0.2, 0.25) is 0 Å². The quantitative estimate of drug-likeness (QED) is 0.861. The van der Waals surface area contributed by atoms with Gasteiger partial charge in [-0.05, 0) is 0 Å². The van der Waals surface area contributed by atoms with Crippen LogP contribution < -0.4 is 9.64 Å². The second kappa shape index (κ2) is 4.23. The van der Waals surface area contributed by atoms with Crippen LogP contribution in [0.25, 0.3) is 10.8 Å². The van der Waals surface area contributed by atoms with E-state index in [9.17, 15) is 9.90 Å². The number of rotatable bonds is 1. The van der Waals surface area contributed by atoms with Crippen LogP contribution in [0.15, 0.2) is 29.3 Å². The highest BCUT2D eigenvalue weighted by molar-refractivity contribution is 6.55. The van der Waals surface area contributed by atoms with E-state index in [4.69, 9.17) is 4.74 Å². The van der Waals surface area contributed by atoms with Crippen molar-refractivity contribution >= 4 is 28.1 Å². The summed E-state index contributed by atoms with van der Waals surface area (Å²) in [6.07, 6.45) is 0.